The van der Waals surface area contributed by atoms with E-state index in [0.29, 0.717) is 6.54 Å². The summed E-state index contributed by atoms with van der Waals surface area (Å²) >= 11 is 0. The van der Waals surface area contributed by atoms with E-state index in [1.165, 1.54) is 12.0 Å². The van der Waals surface area contributed by atoms with Crippen LogP contribution < -0.4 is 16.6 Å². The molecule has 1 aliphatic carbocycles. The molecule has 0 atom stereocenters. The zero-order chi connectivity index (χ0) is 18.4. The summed E-state index contributed by atoms with van der Waals surface area (Å²) in [6.07, 6.45) is 8.27. The average Bonchev–Trinajstić information content (AvgIpc) is 2.57. The summed E-state index contributed by atoms with van der Waals surface area (Å²) in [5, 5.41) is 13.6. The molecule has 0 radical (unpaired) electrons. The first-order valence-electron chi connectivity index (χ1n) is 8.01. The Morgan fingerprint density at radius 2 is 2.12 bits per heavy atom. The molecule has 3 N–H and O–H groups in total. The molecule has 0 bridgehead atoms. The maximum absolute atomic E-state index is 12.1. The lowest BCUT2D eigenvalue weighted by Gasteiger charge is -2.13. The van der Waals surface area contributed by atoms with Crippen molar-refractivity contribution < 1.29 is 14.5 Å². The minimum absolute atomic E-state index is 0.417. The lowest BCUT2D eigenvalue weighted by atomic mass is 9.97. The van der Waals surface area contributed by atoms with Crippen molar-refractivity contribution in [3.05, 3.63) is 49.9 Å². The number of primary amides is 1. The largest absolute Gasteiger partial charge is 0.365 e. The van der Waals surface area contributed by atoms with Crippen molar-refractivity contribution in [1.82, 2.24) is 9.88 Å². The van der Waals surface area contributed by atoms with Gasteiger partial charge < -0.3 is 11.1 Å². The second-order valence-electron chi connectivity index (χ2n) is 5.87. The highest BCUT2D eigenvalue weighted by Crippen LogP contribution is 2.19. The molecule has 0 aromatic carbocycles. The average molecular weight is 348 g/mol. The van der Waals surface area contributed by atoms with Gasteiger partial charge in [-0.2, -0.15) is 0 Å². The SMILES string of the molecule is NC(=O)c1cc([N+](=O)[O-])cn(CC(=O)NCCC2=CCCCC2)c1=O. The smallest absolute Gasteiger partial charge is 0.286 e. The third kappa shape index (κ3) is 5.00. The first-order valence-corrected chi connectivity index (χ1v) is 8.01. The second kappa shape index (κ2) is 8.22. The molecule has 9 heteroatoms. The van der Waals surface area contributed by atoms with Crippen molar-refractivity contribution in [2.75, 3.05) is 6.54 Å². The Balaban J connectivity index is 2.04. The molecule has 2 amide bonds. The Morgan fingerprint density at radius 1 is 1.36 bits per heavy atom. The van der Waals surface area contributed by atoms with E-state index >= 15 is 0 Å². The summed E-state index contributed by atoms with van der Waals surface area (Å²) in [7, 11) is 0. The summed E-state index contributed by atoms with van der Waals surface area (Å²) < 4.78 is 0.827. The van der Waals surface area contributed by atoms with Gasteiger partial charge in [-0.1, -0.05) is 11.6 Å². The Bertz CT molecular complexity index is 781. The molecular formula is C16H20N4O5. The van der Waals surface area contributed by atoms with Gasteiger partial charge in [-0.15, -0.1) is 0 Å². The third-order valence-electron chi connectivity index (χ3n) is 4.02. The summed E-state index contributed by atoms with van der Waals surface area (Å²) in [4.78, 5) is 45.5. The number of nitrogens with zero attached hydrogens (tertiary/aromatic N) is 2. The lowest BCUT2D eigenvalue weighted by Crippen LogP contribution is -2.35. The Kier molecular flexibility index (Phi) is 6.04. The van der Waals surface area contributed by atoms with Crippen LogP contribution in [-0.2, 0) is 11.3 Å². The van der Waals surface area contributed by atoms with Crippen LogP contribution in [0, 0.1) is 10.1 Å². The number of allylic oxidation sites excluding steroid dienone is 1. The number of hydrogen-bond acceptors (Lipinski definition) is 5. The summed E-state index contributed by atoms with van der Waals surface area (Å²) in [6.45, 7) is 0.0108. The lowest BCUT2D eigenvalue weighted by molar-refractivity contribution is -0.385. The molecule has 1 aliphatic rings. The van der Waals surface area contributed by atoms with Crippen LogP contribution in [0.4, 0.5) is 5.69 Å². The van der Waals surface area contributed by atoms with Gasteiger partial charge in [-0.05, 0) is 32.1 Å². The molecule has 0 unspecified atom stereocenters. The monoisotopic (exact) mass is 348 g/mol. The van der Waals surface area contributed by atoms with E-state index in [1.807, 2.05) is 0 Å². The number of nitrogens with two attached hydrogens (primary N) is 1. The van der Waals surface area contributed by atoms with Gasteiger partial charge in [-0.25, -0.2) is 0 Å². The topological polar surface area (TPSA) is 137 Å². The van der Waals surface area contributed by atoms with E-state index in [2.05, 4.69) is 11.4 Å². The molecule has 0 saturated carbocycles. The van der Waals surface area contributed by atoms with Crippen LogP contribution in [0.2, 0.25) is 0 Å². The normalized spacial score (nSPS) is 13.8. The van der Waals surface area contributed by atoms with E-state index in [-0.39, 0.29) is 0 Å². The van der Waals surface area contributed by atoms with Crippen molar-refractivity contribution in [1.29, 1.82) is 0 Å². The number of pyridine rings is 1. The van der Waals surface area contributed by atoms with Crippen molar-refractivity contribution in [2.45, 2.75) is 38.6 Å². The second-order valence-corrected chi connectivity index (χ2v) is 5.87. The fourth-order valence-corrected chi connectivity index (χ4v) is 2.72. The maximum Gasteiger partial charge on any atom is 0.286 e. The Hall–Kier alpha value is -2.97. The van der Waals surface area contributed by atoms with E-state index in [9.17, 15) is 24.5 Å². The summed E-state index contributed by atoms with van der Waals surface area (Å²) in [6, 6.07) is 0.814. The quantitative estimate of drug-likeness (QED) is 0.428. The molecule has 1 heterocycles. The van der Waals surface area contributed by atoms with Crippen LogP contribution in [0.25, 0.3) is 0 Å². The van der Waals surface area contributed by atoms with E-state index < -0.39 is 40.1 Å². The molecule has 0 saturated heterocycles. The standard InChI is InChI=1S/C16H20N4O5/c17-15(22)13-8-12(20(24)25)9-19(16(13)23)10-14(21)18-7-6-11-4-2-1-3-5-11/h4,8-9H,1-3,5-7,10H2,(H2,17,22)(H,18,21). The molecule has 0 aliphatic heterocycles. The fourth-order valence-electron chi connectivity index (χ4n) is 2.72. The van der Waals surface area contributed by atoms with Crippen molar-refractivity contribution in [3.8, 4) is 0 Å². The van der Waals surface area contributed by atoms with Gasteiger partial charge in [-0.3, -0.25) is 29.1 Å². The van der Waals surface area contributed by atoms with Crippen LogP contribution in [0.5, 0.6) is 0 Å². The number of amides is 2. The van der Waals surface area contributed by atoms with Gasteiger partial charge in [0.15, 0.2) is 0 Å². The highest BCUT2D eigenvalue weighted by molar-refractivity contribution is 5.93. The minimum atomic E-state index is -1.08. The summed E-state index contributed by atoms with van der Waals surface area (Å²) in [5.41, 5.74) is 4.54. The number of carbonyl (C=O) groups excluding carboxylic acids is 2. The van der Waals surface area contributed by atoms with Gasteiger partial charge in [0.2, 0.25) is 5.91 Å². The molecule has 9 nitrogen and oxygen atoms in total. The van der Waals surface area contributed by atoms with Gasteiger partial charge >= 0.3 is 0 Å². The van der Waals surface area contributed by atoms with Crippen LogP contribution >= 0.6 is 0 Å². The Morgan fingerprint density at radius 3 is 2.72 bits per heavy atom. The van der Waals surface area contributed by atoms with Crippen LogP contribution in [0.15, 0.2) is 28.7 Å². The number of hydrogen-bond donors (Lipinski definition) is 2. The molecule has 1 aromatic rings. The molecule has 0 spiro atoms. The molecule has 25 heavy (non-hydrogen) atoms. The molecule has 2 rings (SSSR count). The van der Waals surface area contributed by atoms with Crippen LogP contribution in [0.3, 0.4) is 0 Å². The van der Waals surface area contributed by atoms with Crippen molar-refractivity contribution in [2.24, 2.45) is 5.73 Å². The molecular weight excluding hydrogens is 328 g/mol. The van der Waals surface area contributed by atoms with Gasteiger partial charge in [0.25, 0.3) is 17.2 Å². The highest BCUT2D eigenvalue weighted by atomic mass is 16.6. The number of nitro groups is 1. The van der Waals surface area contributed by atoms with Crippen LogP contribution in [-0.4, -0.2) is 27.8 Å². The van der Waals surface area contributed by atoms with Crippen molar-refractivity contribution in [3.63, 3.8) is 0 Å². The third-order valence-corrected chi connectivity index (χ3v) is 4.02. The number of aromatic nitrogens is 1. The number of carbonyl (C=O) groups is 2. The highest BCUT2D eigenvalue weighted by Gasteiger charge is 2.18. The number of nitrogens with one attached hydrogen (secondary N) is 1. The zero-order valence-electron chi connectivity index (χ0n) is 13.7. The van der Waals surface area contributed by atoms with Gasteiger partial charge in [0, 0.05) is 12.6 Å². The van der Waals surface area contributed by atoms with Crippen LogP contribution in [0.1, 0.15) is 42.5 Å². The zero-order valence-corrected chi connectivity index (χ0v) is 13.7. The predicted molar refractivity (Wildman–Crippen MR) is 90.1 cm³/mol. The summed E-state index contributed by atoms with van der Waals surface area (Å²) in [5.74, 6) is -1.54. The minimum Gasteiger partial charge on any atom is -0.365 e. The first-order chi connectivity index (χ1) is 11.9. The van der Waals surface area contributed by atoms with Gasteiger partial charge in [0.1, 0.15) is 12.1 Å². The molecule has 0 fully saturated rings. The van der Waals surface area contributed by atoms with E-state index in [4.69, 9.17) is 5.73 Å². The first kappa shape index (κ1) is 18.4. The predicted octanol–water partition coefficient (Wildman–Crippen LogP) is 0.862. The number of rotatable bonds is 7. The maximum atomic E-state index is 12.1. The fraction of sp³-hybridized carbons (Fsp3) is 0.438. The van der Waals surface area contributed by atoms with Gasteiger partial charge in [0.05, 0.1) is 11.1 Å². The molecule has 134 valence electrons. The molecule has 1 aromatic heterocycles. The van der Waals surface area contributed by atoms with E-state index in [1.54, 1.807) is 0 Å². The Labute approximate surface area is 143 Å². The van der Waals surface area contributed by atoms with E-state index in [0.717, 1.165) is 42.5 Å². The van der Waals surface area contributed by atoms with Crippen molar-refractivity contribution >= 4 is 17.5 Å².